The number of aryl methyl sites for hydroxylation is 2. The maximum atomic E-state index is 12.7. The summed E-state index contributed by atoms with van der Waals surface area (Å²) < 4.78 is 1.59. The SMILES string of the molecule is Cc1cc(N(C)C)nc(Nc2ccc(NC(=O)c3cc(-c4cccs4)nn3C)cc2)n1. The molecule has 0 bridgehead atoms. The lowest BCUT2D eigenvalue weighted by atomic mass is 10.2. The Kier molecular flexibility index (Phi) is 5.68. The molecular formula is C22H23N7OS. The molecule has 2 N–H and O–H groups in total. The Bertz CT molecular complexity index is 1200. The van der Waals surface area contributed by atoms with E-state index in [1.54, 1.807) is 29.1 Å². The van der Waals surface area contributed by atoms with Crippen LogP contribution < -0.4 is 15.5 Å². The van der Waals surface area contributed by atoms with Crippen LogP contribution >= 0.6 is 11.3 Å². The first-order valence-electron chi connectivity index (χ1n) is 9.68. The number of rotatable bonds is 6. The highest BCUT2D eigenvalue weighted by molar-refractivity contribution is 7.13. The molecule has 0 spiro atoms. The molecule has 0 aliphatic heterocycles. The molecule has 0 unspecified atom stereocenters. The molecule has 0 radical (unpaired) electrons. The maximum absolute atomic E-state index is 12.7. The third kappa shape index (κ3) is 4.72. The molecule has 3 aromatic heterocycles. The quantitative estimate of drug-likeness (QED) is 0.471. The molecule has 9 heteroatoms. The number of aromatic nitrogens is 4. The molecule has 0 atom stereocenters. The molecule has 0 saturated heterocycles. The fraction of sp³-hybridized carbons (Fsp3) is 0.182. The minimum absolute atomic E-state index is 0.212. The molecule has 4 aromatic rings. The summed E-state index contributed by atoms with van der Waals surface area (Å²) in [6, 6.07) is 15.1. The highest BCUT2D eigenvalue weighted by Gasteiger charge is 2.15. The third-order valence-corrected chi connectivity index (χ3v) is 5.48. The molecular weight excluding hydrogens is 410 g/mol. The summed E-state index contributed by atoms with van der Waals surface area (Å²) >= 11 is 1.59. The van der Waals surface area contributed by atoms with E-state index in [4.69, 9.17) is 0 Å². The van der Waals surface area contributed by atoms with E-state index < -0.39 is 0 Å². The van der Waals surface area contributed by atoms with Crippen molar-refractivity contribution in [2.45, 2.75) is 6.92 Å². The van der Waals surface area contributed by atoms with Gasteiger partial charge in [-0.1, -0.05) is 6.07 Å². The lowest BCUT2D eigenvalue weighted by Gasteiger charge is -2.14. The monoisotopic (exact) mass is 433 g/mol. The summed E-state index contributed by atoms with van der Waals surface area (Å²) in [7, 11) is 5.65. The van der Waals surface area contributed by atoms with E-state index in [9.17, 15) is 4.79 Å². The van der Waals surface area contributed by atoms with Gasteiger partial charge >= 0.3 is 0 Å². The van der Waals surface area contributed by atoms with Gasteiger partial charge in [-0.2, -0.15) is 10.1 Å². The second-order valence-corrected chi connectivity index (χ2v) is 8.21. The minimum Gasteiger partial charge on any atom is -0.363 e. The summed E-state index contributed by atoms with van der Waals surface area (Å²) in [6.07, 6.45) is 0. The number of thiophene rings is 1. The minimum atomic E-state index is -0.212. The van der Waals surface area contributed by atoms with Gasteiger partial charge in [0.2, 0.25) is 5.95 Å². The average molecular weight is 434 g/mol. The first-order chi connectivity index (χ1) is 14.9. The number of carbonyl (C=O) groups excluding carboxylic acids is 1. The van der Waals surface area contributed by atoms with Crippen LogP contribution in [0.4, 0.5) is 23.1 Å². The molecule has 0 aliphatic carbocycles. The van der Waals surface area contributed by atoms with E-state index in [-0.39, 0.29) is 5.91 Å². The molecule has 0 aliphatic rings. The van der Waals surface area contributed by atoms with Gasteiger partial charge in [0.15, 0.2) is 0 Å². The molecule has 31 heavy (non-hydrogen) atoms. The third-order valence-electron chi connectivity index (χ3n) is 4.58. The Morgan fingerprint density at radius 1 is 1.06 bits per heavy atom. The molecule has 3 heterocycles. The van der Waals surface area contributed by atoms with E-state index in [2.05, 4.69) is 25.7 Å². The van der Waals surface area contributed by atoms with Gasteiger partial charge in [0.1, 0.15) is 17.2 Å². The van der Waals surface area contributed by atoms with Gasteiger partial charge < -0.3 is 15.5 Å². The number of nitrogens with zero attached hydrogens (tertiary/aromatic N) is 5. The van der Waals surface area contributed by atoms with Gasteiger partial charge in [-0.3, -0.25) is 9.48 Å². The summed E-state index contributed by atoms with van der Waals surface area (Å²) in [5.74, 6) is 1.14. The van der Waals surface area contributed by atoms with Crippen molar-refractivity contribution >= 4 is 40.4 Å². The summed E-state index contributed by atoms with van der Waals surface area (Å²) in [5, 5.41) is 12.6. The number of nitrogens with one attached hydrogen (secondary N) is 2. The summed E-state index contributed by atoms with van der Waals surface area (Å²) in [6.45, 7) is 1.93. The summed E-state index contributed by atoms with van der Waals surface area (Å²) in [4.78, 5) is 24.6. The van der Waals surface area contributed by atoms with Crippen molar-refractivity contribution in [2.75, 3.05) is 29.6 Å². The number of amides is 1. The summed E-state index contributed by atoms with van der Waals surface area (Å²) in [5.41, 5.74) is 3.68. The van der Waals surface area contributed by atoms with Crippen molar-refractivity contribution in [3.05, 3.63) is 65.3 Å². The molecule has 4 rings (SSSR count). The van der Waals surface area contributed by atoms with Gasteiger partial charge in [-0.15, -0.1) is 11.3 Å². The Morgan fingerprint density at radius 3 is 2.48 bits per heavy atom. The second kappa shape index (κ2) is 8.57. The molecule has 0 fully saturated rings. The smallest absolute Gasteiger partial charge is 0.273 e. The van der Waals surface area contributed by atoms with Crippen LogP contribution in [-0.2, 0) is 7.05 Å². The van der Waals surface area contributed by atoms with Crippen LogP contribution in [0.5, 0.6) is 0 Å². The second-order valence-electron chi connectivity index (χ2n) is 7.26. The number of anilines is 4. The van der Waals surface area contributed by atoms with Crippen molar-refractivity contribution in [3.8, 4) is 10.6 Å². The lowest BCUT2D eigenvalue weighted by Crippen LogP contribution is -2.16. The molecule has 1 amide bonds. The number of benzene rings is 1. The van der Waals surface area contributed by atoms with Crippen molar-refractivity contribution in [1.29, 1.82) is 0 Å². The van der Waals surface area contributed by atoms with Crippen LogP contribution in [0.2, 0.25) is 0 Å². The van der Waals surface area contributed by atoms with E-state index in [0.717, 1.165) is 27.8 Å². The fourth-order valence-corrected chi connectivity index (χ4v) is 3.70. The molecule has 0 saturated carbocycles. The highest BCUT2D eigenvalue weighted by Crippen LogP contribution is 2.24. The fourth-order valence-electron chi connectivity index (χ4n) is 3.02. The van der Waals surface area contributed by atoms with Gasteiger partial charge in [-0.05, 0) is 48.7 Å². The lowest BCUT2D eigenvalue weighted by molar-refractivity contribution is 0.101. The van der Waals surface area contributed by atoms with Crippen molar-refractivity contribution in [3.63, 3.8) is 0 Å². The maximum Gasteiger partial charge on any atom is 0.273 e. The van der Waals surface area contributed by atoms with Crippen molar-refractivity contribution in [1.82, 2.24) is 19.7 Å². The van der Waals surface area contributed by atoms with Gasteiger partial charge in [0.25, 0.3) is 5.91 Å². The van der Waals surface area contributed by atoms with Crippen LogP contribution in [0, 0.1) is 6.92 Å². The van der Waals surface area contributed by atoms with Gasteiger partial charge in [-0.25, -0.2) is 4.98 Å². The van der Waals surface area contributed by atoms with Crippen LogP contribution in [0.25, 0.3) is 10.6 Å². The van der Waals surface area contributed by atoms with E-state index in [1.807, 2.05) is 73.8 Å². The van der Waals surface area contributed by atoms with Gasteiger partial charge in [0, 0.05) is 44.3 Å². The highest BCUT2D eigenvalue weighted by atomic mass is 32.1. The molecule has 158 valence electrons. The Balaban J connectivity index is 1.45. The largest absolute Gasteiger partial charge is 0.363 e. The van der Waals surface area contributed by atoms with Crippen molar-refractivity contribution < 1.29 is 4.79 Å². The number of hydrogen-bond donors (Lipinski definition) is 2. The van der Waals surface area contributed by atoms with Crippen LogP contribution in [0.15, 0.2) is 53.9 Å². The van der Waals surface area contributed by atoms with E-state index >= 15 is 0 Å². The van der Waals surface area contributed by atoms with Crippen LogP contribution in [0.1, 0.15) is 16.2 Å². The zero-order chi connectivity index (χ0) is 22.0. The standard InChI is InChI=1S/C22H23N7OS/c1-14-12-20(28(2)3)26-22(23-14)25-16-9-7-15(8-10-16)24-21(30)18-13-17(27-29(18)4)19-6-5-11-31-19/h5-13H,1-4H3,(H,24,30)(H,23,25,26). The van der Waals surface area contributed by atoms with Crippen LogP contribution in [-0.4, -0.2) is 39.8 Å². The zero-order valence-corrected chi connectivity index (χ0v) is 18.6. The van der Waals surface area contributed by atoms with E-state index in [0.29, 0.717) is 17.3 Å². The molecule has 8 nitrogen and oxygen atoms in total. The van der Waals surface area contributed by atoms with Crippen LogP contribution in [0.3, 0.4) is 0 Å². The normalized spacial score (nSPS) is 10.7. The topological polar surface area (TPSA) is 88.0 Å². The van der Waals surface area contributed by atoms with Crippen molar-refractivity contribution in [2.24, 2.45) is 7.05 Å². The van der Waals surface area contributed by atoms with Gasteiger partial charge in [0.05, 0.1) is 4.88 Å². The zero-order valence-electron chi connectivity index (χ0n) is 17.7. The number of carbonyl (C=O) groups is 1. The number of hydrogen-bond acceptors (Lipinski definition) is 7. The molecule has 1 aromatic carbocycles. The van der Waals surface area contributed by atoms with E-state index in [1.165, 1.54) is 0 Å². The average Bonchev–Trinajstić information content (AvgIpc) is 3.38. The predicted octanol–water partition coefficient (Wildman–Crippen LogP) is 4.31. The first kappa shape index (κ1) is 20.5. The Morgan fingerprint density at radius 2 is 1.81 bits per heavy atom. The predicted molar refractivity (Wildman–Crippen MR) is 125 cm³/mol. The Labute approximate surface area is 184 Å². The first-order valence-corrected chi connectivity index (χ1v) is 10.6. The Hall–Kier alpha value is -3.72.